The predicted molar refractivity (Wildman–Crippen MR) is 57.6 cm³/mol. The molecule has 86 valence electrons. The summed E-state index contributed by atoms with van der Waals surface area (Å²) in [6.07, 6.45) is 2.89. The number of nitrogens with zero attached hydrogens (tertiary/aromatic N) is 1. The molecule has 4 heteroatoms. The van der Waals surface area contributed by atoms with Crippen molar-refractivity contribution in [3.05, 3.63) is 0 Å². The first-order valence-electron chi connectivity index (χ1n) is 5.85. The highest BCUT2D eigenvalue weighted by Gasteiger charge is 2.30. The molecule has 0 radical (unpaired) electrons. The second-order valence-electron chi connectivity index (χ2n) is 4.45. The fraction of sp³-hybridized carbons (Fsp3) is 0.909. The number of hydrogen-bond donors (Lipinski definition) is 1. The molecule has 0 aromatic rings. The summed E-state index contributed by atoms with van der Waals surface area (Å²) in [5.41, 5.74) is 0. The van der Waals surface area contributed by atoms with Crippen LogP contribution < -0.4 is 5.32 Å². The van der Waals surface area contributed by atoms with Crippen LogP contribution in [0.25, 0.3) is 0 Å². The van der Waals surface area contributed by atoms with Gasteiger partial charge in [0.1, 0.15) is 0 Å². The van der Waals surface area contributed by atoms with Crippen LogP contribution >= 0.6 is 0 Å². The number of rotatable bonds is 2. The van der Waals surface area contributed by atoms with E-state index >= 15 is 0 Å². The van der Waals surface area contributed by atoms with Gasteiger partial charge in [-0.2, -0.15) is 0 Å². The van der Waals surface area contributed by atoms with Crippen LogP contribution in [0, 0.1) is 5.92 Å². The molecule has 2 rings (SSSR count). The zero-order chi connectivity index (χ0) is 10.7. The van der Waals surface area contributed by atoms with Crippen LogP contribution in [0.2, 0.25) is 0 Å². The minimum Gasteiger partial charge on any atom is -0.381 e. The van der Waals surface area contributed by atoms with Crippen LogP contribution in [0.5, 0.6) is 0 Å². The van der Waals surface area contributed by atoms with Crippen LogP contribution in [-0.2, 0) is 9.53 Å². The van der Waals surface area contributed by atoms with Crippen molar-refractivity contribution in [3.8, 4) is 0 Å². The summed E-state index contributed by atoms with van der Waals surface area (Å²) in [6, 6.07) is 0.494. The molecule has 1 atom stereocenters. The molecule has 2 saturated heterocycles. The highest BCUT2D eigenvalue weighted by molar-refractivity contribution is 5.79. The summed E-state index contributed by atoms with van der Waals surface area (Å²) in [7, 11) is 1.97. The van der Waals surface area contributed by atoms with E-state index in [1.807, 2.05) is 11.9 Å². The van der Waals surface area contributed by atoms with Gasteiger partial charge in [-0.3, -0.25) is 4.79 Å². The number of hydrogen-bond acceptors (Lipinski definition) is 3. The van der Waals surface area contributed by atoms with Gasteiger partial charge in [-0.25, -0.2) is 0 Å². The molecular weight excluding hydrogens is 192 g/mol. The lowest BCUT2D eigenvalue weighted by molar-refractivity contribution is -0.137. The van der Waals surface area contributed by atoms with Gasteiger partial charge in [0, 0.05) is 38.3 Å². The Morgan fingerprint density at radius 1 is 1.33 bits per heavy atom. The Balaban J connectivity index is 1.85. The molecule has 0 spiro atoms. The number of amides is 1. The maximum Gasteiger partial charge on any atom is 0.225 e. The second kappa shape index (κ2) is 4.94. The molecule has 4 nitrogen and oxygen atoms in total. The van der Waals surface area contributed by atoms with Crippen molar-refractivity contribution in [2.45, 2.75) is 25.3 Å². The van der Waals surface area contributed by atoms with Gasteiger partial charge in [0.25, 0.3) is 0 Å². The first-order valence-corrected chi connectivity index (χ1v) is 5.85. The van der Waals surface area contributed by atoms with E-state index in [1.165, 1.54) is 0 Å². The average Bonchev–Trinajstić information content (AvgIpc) is 2.78. The third-order valence-electron chi connectivity index (χ3n) is 3.48. The highest BCUT2D eigenvalue weighted by atomic mass is 16.5. The zero-order valence-electron chi connectivity index (χ0n) is 9.37. The van der Waals surface area contributed by atoms with Crippen LogP contribution in [0.1, 0.15) is 19.3 Å². The van der Waals surface area contributed by atoms with Gasteiger partial charge < -0.3 is 15.0 Å². The first kappa shape index (κ1) is 10.9. The van der Waals surface area contributed by atoms with Crippen molar-refractivity contribution in [2.24, 2.45) is 5.92 Å². The molecule has 1 N–H and O–H groups in total. The molecule has 15 heavy (non-hydrogen) atoms. The SMILES string of the molecule is CN[C@@H]1CCN(C(=O)C2CCOCC2)C1. The van der Waals surface area contributed by atoms with Gasteiger partial charge in [0.2, 0.25) is 5.91 Å². The molecule has 2 aliphatic rings. The largest absolute Gasteiger partial charge is 0.381 e. The Bertz CT molecular complexity index is 227. The van der Waals surface area contributed by atoms with Gasteiger partial charge in [-0.05, 0) is 26.3 Å². The minimum atomic E-state index is 0.217. The van der Waals surface area contributed by atoms with Gasteiger partial charge in [-0.15, -0.1) is 0 Å². The van der Waals surface area contributed by atoms with Crippen molar-refractivity contribution in [3.63, 3.8) is 0 Å². The normalized spacial score (nSPS) is 28.3. The lowest BCUT2D eigenvalue weighted by atomic mass is 9.99. The van der Waals surface area contributed by atoms with E-state index in [0.717, 1.165) is 45.6 Å². The average molecular weight is 212 g/mol. The van der Waals surface area contributed by atoms with E-state index in [1.54, 1.807) is 0 Å². The maximum atomic E-state index is 12.1. The Labute approximate surface area is 91.0 Å². The molecule has 0 aromatic carbocycles. The number of carbonyl (C=O) groups excluding carboxylic acids is 1. The quantitative estimate of drug-likeness (QED) is 0.712. The van der Waals surface area contributed by atoms with Crippen molar-refractivity contribution < 1.29 is 9.53 Å². The van der Waals surface area contributed by atoms with E-state index in [2.05, 4.69) is 5.32 Å². The highest BCUT2D eigenvalue weighted by Crippen LogP contribution is 2.20. The molecule has 0 unspecified atom stereocenters. The molecule has 0 saturated carbocycles. The summed E-state index contributed by atoms with van der Waals surface area (Å²) < 4.78 is 5.27. The standard InChI is InChI=1S/C11H20N2O2/c1-12-10-2-5-13(8-10)11(14)9-3-6-15-7-4-9/h9-10,12H,2-8H2,1H3/t10-/m1/s1. The Hall–Kier alpha value is -0.610. The van der Waals surface area contributed by atoms with Crippen molar-refractivity contribution in [1.29, 1.82) is 0 Å². The molecule has 0 aromatic heterocycles. The lowest BCUT2D eigenvalue weighted by Gasteiger charge is -2.26. The van der Waals surface area contributed by atoms with Crippen LogP contribution in [0.3, 0.4) is 0 Å². The molecule has 1 amide bonds. The number of likely N-dealkylation sites (N-methyl/N-ethyl adjacent to an activating group) is 1. The topological polar surface area (TPSA) is 41.6 Å². The lowest BCUT2D eigenvalue weighted by Crippen LogP contribution is -2.39. The first-order chi connectivity index (χ1) is 7.31. The van der Waals surface area contributed by atoms with Gasteiger partial charge >= 0.3 is 0 Å². The third-order valence-corrected chi connectivity index (χ3v) is 3.48. The number of likely N-dealkylation sites (tertiary alicyclic amines) is 1. The Kier molecular flexibility index (Phi) is 3.59. The van der Waals surface area contributed by atoms with Gasteiger partial charge in [0.05, 0.1) is 0 Å². The number of carbonyl (C=O) groups is 1. The van der Waals surface area contributed by atoms with E-state index in [9.17, 15) is 4.79 Å². The van der Waals surface area contributed by atoms with Gasteiger partial charge in [-0.1, -0.05) is 0 Å². The maximum absolute atomic E-state index is 12.1. The molecule has 2 aliphatic heterocycles. The number of ether oxygens (including phenoxy) is 1. The van der Waals surface area contributed by atoms with Gasteiger partial charge in [0.15, 0.2) is 0 Å². The molecular formula is C11H20N2O2. The van der Waals surface area contributed by atoms with Crippen LogP contribution in [0.4, 0.5) is 0 Å². The summed E-state index contributed by atoms with van der Waals surface area (Å²) >= 11 is 0. The fourth-order valence-electron chi connectivity index (χ4n) is 2.40. The summed E-state index contributed by atoms with van der Waals surface area (Å²) in [5, 5.41) is 3.23. The van der Waals surface area contributed by atoms with E-state index in [4.69, 9.17) is 4.74 Å². The predicted octanol–water partition coefficient (Wildman–Crippen LogP) is 0.233. The van der Waals surface area contributed by atoms with E-state index < -0.39 is 0 Å². The minimum absolute atomic E-state index is 0.217. The monoisotopic (exact) mass is 212 g/mol. The third kappa shape index (κ3) is 2.49. The molecule has 0 aliphatic carbocycles. The summed E-state index contributed by atoms with van der Waals surface area (Å²) in [5.74, 6) is 0.561. The zero-order valence-corrected chi connectivity index (χ0v) is 9.37. The summed E-state index contributed by atoms with van der Waals surface area (Å²) in [4.78, 5) is 14.1. The van der Waals surface area contributed by atoms with Crippen molar-refractivity contribution in [2.75, 3.05) is 33.4 Å². The van der Waals surface area contributed by atoms with Crippen LogP contribution in [0.15, 0.2) is 0 Å². The fourth-order valence-corrected chi connectivity index (χ4v) is 2.40. The second-order valence-corrected chi connectivity index (χ2v) is 4.45. The molecule has 2 fully saturated rings. The molecule has 0 bridgehead atoms. The summed E-state index contributed by atoms with van der Waals surface area (Å²) in [6.45, 7) is 3.30. The Morgan fingerprint density at radius 2 is 2.07 bits per heavy atom. The smallest absolute Gasteiger partial charge is 0.225 e. The van der Waals surface area contributed by atoms with Crippen molar-refractivity contribution >= 4 is 5.91 Å². The van der Waals surface area contributed by atoms with Crippen molar-refractivity contribution in [1.82, 2.24) is 10.2 Å². The Morgan fingerprint density at radius 3 is 2.67 bits per heavy atom. The number of nitrogens with one attached hydrogen (secondary N) is 1. The van der Waals surface area contributed by atoms with E-state index in [-0.39, 0.29) is 5.92 Å². The van der Waals surface area contributed by atoms with Crippen LogP contribution in [-0.4, -0.2) is 50.2 Å². The molecule has 2 heterocycles. The van der Waals surface area contributed by atoms with E-state index in [0.29, 0.717) is 11.9 Å².